The van der Waals surface area contributed by atoms with Crippen LogP contribution in [-0.2, 0) is 11.3 Å². The molecule has 6 heteroatoms. The van der Waals surface area contributed by atoms with E-state index in [0.717, 1.165) is 49.8 Å². The zero-order valence-corrected chi connectivity index (χ0v) is 16.2. The Morgan fingerprint density at radius 3 is 2.21 bits per heavy atom. The van der Waals surface area contributed by atoms with Gasteiger partial charge in [0.25, 0.3) is 5.91 Å². The second-order valence-corrected chi connectivity index (χ2v) is 7.64. The maximum atomic E-state index is 13.7. The molecule has 0 atom stereocenters. The maximum absolute atomic E-state index is 13.7. The smallest absolute Gasteiger partial charge is 0.279 e. The van der Waals surface area contributed by atoms with Gasteiger partial charge in [0.15, 0.2) is 6.54 Å². The molecule has 0 bridgehead atoms. The van der Waals surface area contributed by atoms with Gasteiger partial charge in [0.1, 0.15) is 50.0 Å². The van der Waals surface area contributed by atoms with Crippen LogP contribution in [0.3, 0.4) is 0 Å². The van der Waals surface area contributed by atoms with Gasteiger partial charge in [-0.2, -0.15) is 0 Å². The van der Waals surface area contributed by atoms with Crippen LogP contribution >= 0.6 is 0 Å². The molecule has 0 aliphatic carbocycles. The molecular formula is C23H25F2N3O+2. The number of hydrogen-bond donors (Lipinski definition) is 3. The number of quaternary nitrogens is 2. The number of anilines is 1. The zero-order chi connectivity index (χ0) is 20.2. The second kappa shape index (κ2) is 8.68. The molecule has 1 aliphatic rings. The minimum Gasteiger partial charge on any atom is -0.322 e. The third-order valence-electron chi connectivity index (χ3n) is 5.62. The minimum absolute atomic E-state index is 0.218. The minimum atomic E-state index is -0.752. The van der Waals surface area contributed by atoms with E-state index in [9.17, 15) is 13.6 Å². The lowest BCUT2D eigenvalue weighted by Crippen LogP contribution is -3.28. The van der Waals surface area contributed by atoms with Gasteiger partial charge >= 0.3 is 0 Å². The van der Waals surface area contributed by atoms with Gasteiger partial charge in [0.2, 0.25) is 0 Å². The highest BCUT2D eigenvalue weighted by molar-refractivity contribution is 5.91. The topological polar surface area (TPSA) is 38.0 Å². The molecule has 150 valence electrons. The van der Waals surface area contributed by atoms with E-state index in [2.05, 4.69) is 47.8 Å². The average Bonchev–Trinajstić information content (AvgIpc) is 2.73. The van der Waals surface area contributed by atoms with E-state index in [1.807, 2.05) is 0 Å². The number of rotatable bonds is 5. The van der Waals surface area contributed by atoms with Gasteiger partial charge in [-0.05, 0) is 22.9 Å². The molecule has 29 heavy (non-hydrogen) atoms. The van der Waals surface area contributed by atoms with Crippen LogP contribution in [0.5, 0.6) is 0 Å². The van der Waals surface area contributed by atoms with Crippen molar-refractivity contribution in [2.24, 2.45) is 0 Å². The second-order valence-electron chi connectivity index (χ2n) is 7.64. The first-order chi connectivity index (χ1) is 14.1. The number of nitrogens with one attached hydrogen (secondary N) is 3. The van der Waals surface area contributed by atoms with Crippen molar-refractivity contribution in [3.05, 3.63) is 77.9 Å². The fraction of sp³-hybridized carbons (Fsp3) is 0.261. The van der Waals surface area contributed by atoms with Gasteiger partial charge in [-0.15, -0.1) is 0 Å². The van der Waals surface area contributed by atoms with Crippen molar-refractivity contribution in [1.29, 1.82) is 0 Å². The fourth-order valence-electron chi connectivity index (χ4n) is 4.05. The van der Waals surface area contributed by atoms with Crippen LogP contribution in [0.25, 0.3) is 10.8 Å². The molecule has 1 aliphatic heterocycles. The van der Waals surface area contributed by atoms with Crippen LogP contribution in [0, 0.1) is 11.6 Å². The molecule has 0 aromatic heterocycles. The Morgan fingerprint density at radius 1 is 0.828 bits per heavy atom. The molecule has 3 aromatic rings. The summed E-state index contributed by atoms with van der Waals surface area (Å²) < 4.78 is 27.4. The van der Waals surface area contributed by atoms with Gasteiger partial charge in [-0.25, -0.2) is 8.78 Å². The van der Waals surface area contributed by atoms with E-state index in [-0.39, 0.29) is 18.1 Å². The van der Waals surface area contributed by atoms with Crippen molar-refractivity contribution in [2.45, 2.75) is 6.54 Å². The number of amides is 1. The number of fused-ring (bicyclic) bond motifs is 1. The summed E-state index contributed by atoms with van der Waals surface area (Å²) >= 11 is 0. The van der Waals surface area contributed by atoms with Crippen molar-refractivity contribution in [1.82, 2.24) is 0 Å². The van der Waals surface area contributed by atoms with Crippen LogP contribution < -0.4 is 15.1 Å². The number of carbonyl (C=O) groups excluding carboxylic acids is 1. The van der Waals surface area contributed by atoms with Crippen molar-refractivity contribution < 1.29 is 23.4 Å². The largest absolute Gasteiger partial charge is 0.322 e. The number of hydrogen-bond acceptors (Lipinski definition) is 1. The summed E-state index contributed by atoms with van der Waals surface area (Å²) in [5, 5.41) is 4.93. The average molecular weight is 397 g/mol. The van der Waals surface area contributed by atoms with Crippen molar-refractivity contribution >= 4 is 22.4 Å². The lowest BCUT2D eigenvalue weighted by molar-refractivity contribution is -1.01. The summed E-state index contributed by atoms with van der Waals surface area (Å²) in [6.45, 7) is 4.80. The number of halogens is 2. The molecular weight excluding hydrogens is 372 g/mol. The molecule has 1 fully saturated rings. The Hall–Kier alpha value is -2.83. The van der Waals surface area contributed by atoms with Crippen LogP contribution in [0.2, 0.25) is 0 Å². The summed E-state index contributed by atoms with van der Waals surface area (Å²) in [6.07, 6.45) is 0. The molecule has 1 heterocycles. The summed E-state index contributed by atoms with van der Waals surface area (Å²) in [6, 6.07) is 18.4. The molecule has 3 N–H and O–H groups in total. The highest BCUT2D eigenvalue weighted by Gasteiger charge is 2.26. The van der Waals surface area contributed by atoms with E-state index >= 15 is 0 Å². The van der Waals surface area contributed by atoms with Crippen LogP contribution in [0.15, 0.2) is 60.7 Å². The normalized spacial score (nSPS) is 19.2. The SMILES string of the molecule is O=C(C[NH+]1CC[NH+](Cc2cccc3ccccc23)CC1)Nc1c(F)cccc1F. The van der Waals surface area contributed by atoms with Crippen molar-refractivity contribution in [2.75, 3.05) is 38.0 Å². The lowest BCUT2D eigenvalue weighted by Gasteiger charge is -2.29. The molecule has 4 rings (SSSR count). The molecule has 0 unspecified atom stereocenters. The third kappa shape index (κ3) is 4.60. The van der Waals surface area contributed by atoms with Gasteiger partial charge in [-0.1, -0.05) is 48.5 Å². The predicted molar refractivity (Wildman–Crippen MR) is 109 cm³/mol. The highest BCUT2D eigenvalue weighted by Crippen LogP contribution is 2.18. The number of para-hydroxylation sites is 1. The molecule has 3 aromatic carbocycles. The first-order valence-corrected chi connectivity index (χ1v) is 9.98. The molecule has 0 saturated carbocycles. The highest BCUT2D eigenvalue weighted by atomic mass is 19.1. The standard InChI is InChI=1S/C23H23F2N3O/c24-20-9-4-10-21(25)23(20)26-22(29)16-28-13-11-27(12-14-28)15-18-7-3-6-17-5-1-2-8-19(17)18/h1-10H,11-16H2,(H,26,29)/p+2. The molecule has 4 nitrogen and oxygen atoms in total. The Morgan fingerprint density at radius 2 is 1.45 bits per heavy atom. The summed E-state index contributed by atoms with van der Waals surface area (Å²) in [4.78, 5) is 14.9. The summed E-state index contributed by atoms with van der Waals surface area (Å²) in [5.74, 6) is -1.86. The fourth-order valence-corrected chi connectivity index (χ4v) is 4.05. The van der Waals surface area contributed by atoms with E-state index in [1.165, 1.54) is 27.3 Å². The number of piperazine rings is 1. The Balaban J connectivity index is 1.31. The Bertz CT molecular complexity index is 990. The third-order valence-corrected chi connectivity index (χ3v) is 5.62. The van der Waals surface area contributed by atoms with Gasteiger partial charge in [0.05, 0.1) is 0 Å². The first-order valence-electron chi connectivity index (χ1n) is 9.98. The van der Waals surface area contributed by atoms with E-state index in [1.54, 1.807) is 0 Å². The monoisotopic (exact) mass is 397 g/mol. The Labute approximate surface area is 168 Å². The number of carbonyl (C=O) groups is 1. The van der Waals surface area contributed by atoms with Gasteiger partial charge in [-0.3, -0.25) is 4.79 Å². The summed E-state index contributed by atoms with van der Waals surface area (Å²) in [5.41, 5.74) is 0.978. The quantitative estimate of drug-likeness (QED) is 0.592. The first kappa shape index (κ1) is 19.5. The van der Waals surface area contributed by atoms with Gasteiger partial charge in [0, 0.05) is 5.56 Å². The Kier molecular flexibility index (Phi) is 5.83. The van der Waals surface area contributed by atoms with Gasteiger partial charge < -0.3 is 15.1 Å². The zero-order valence-electron chi connectivity index (χ0n) is 16.2. The van der Waals surface area contributed by atoms with Crippen LogP contribution in [-0.4, -0.2) is 38.6 Å². The van der Waals surface area contributed by atoms with Crippen molar-refractivity contribution in [3.8, 4) is 0 Å². The summed E-state index contributed by atoms with van der Waals surface area (Å²) in [7, 11) is 0. The predicted octanol–water partition coefficient (Wildman–Crippen LogP) is 1.04. The van der Waals surface area contributed by atoms with E-state index in [4.69, 9.17) is 0 Å². The molecule has 1 amide bonds. The van der Waals surface area contributed by atoms with E-state index in [0.29, 0.717) is 0 Å². The lowest BCUT2D eigenvalue weighted by atomic mass is 10.0. The van der Waals surface area contributed by atoms with E-state index < -0.39 is 11.6 Å². The maximum Gasteiger partial charge on any atom is 0.279 e. The van der Waals surface area contributed by atoms with Crippen molar-refractivity contribution in [3.63, 3.8) is 0 Å². The molecule has 0 spiro atoms. The van der Waals surface area contributed by atoms with Crippen LogP contribution in [0.4, 0.5) is 14.5 Å². The number of benzene rings is 3. The molecule has 0 radical (unpaired) electrons. The molecule has 1 saturated heterocycles. The van der Waals surface area contributed by atoms with Crippen LogP contribution in [0.1, 0.15) is 5.56 Å².